The molecule has 1 heteroatoms. The third-order valence-electron chi connectivity index (χ3n) is 0.289. The van der Waals surface area contributed by atoms with Gasteiger partial charge >= 0.3 is 0 Å². The minimum atomic E-state index is 0.531. The molecule has 0 aromatic rings. The van der Waals surface area contributed by atoms with Crippen molar-refractivity contribution in [1.29, 1.82) is 0 Å². The second kappa shape index (κ2) is 3.96. The summed E-state index contributed by atoms with van der Waals surface area (Å²) in [5.41, 5.74) is 0. The lowest BCUT2D eigenvalue weighted by atomic mass is 10.8. The molecule has 0 aliphatic heterocycles. The molecule has 0 rings (SSSR count). The molecule has 0 aliphatic carbocycles. The highest BCUT2D eigenvalue weighted by atomic mass is 16.5. The fourth-order valence-electron chi connectivity index (χ4n) is 0.102. The largest absolute Gasteiger partial charge is 0.381 e. The third kappa shape index (κ3) is 3.96. The Morgan fingerprint density at radius 2 is 1.60 bits per heavy atom. The molecule has 0 N–H and O–H groups in total. The lowest BCUT2D eigenvalue weighted by molar-refractivity contribution is 0.191. The van der Waals surface area contributed by atoms with Gasteiger partial charge in [-0.05, 0) is 13.8 Å². The summed E-state index contributed by atoms with van der Waals surface area (Å²) in [6.07, 6.45) is 0. The Morgan fingerprint density at radius 3 is 1.60 bits per heavy atom. The zero-order valence-corrected chi connectivity index (χ0v) is 3.24. The fraction of sp³-hybridized carbons (Fsp3) is 0.500. The minimum Gasteiger partial charge on any atom is -0.381 e. The monoisotopic (exact) mass is 72.1 g/mol. The zero-order chi connectivity index (χ0) is 4.12. The van der Waals surface area contributed by atoms with Crippen molar-refractivity contribution in [2.24, 2.45) is 0 Å². The Bertz CT molecular complexity index is 11.1. The predicted molar refractivity (Wildman–Crippen MR) is 21.5 cm³/mol. The van der Waals surface area contributed by atoms with E-state index < -0.39 is 0 Å². The normalized spacial score (nSPS) is 8.40. The van der Waals surface area contributed by atoms with E-state index in [1.807, 2.05) is 0 Å². The topological polar surface area (TPSA) is 9.23 Å². The van der Waals surface area contributed by atoms with Crippen molar-refractivity contribution in [1.82, 2.24) is 0 Å². The highest BCUT2D eigenvalue weighted by Crippen LogP contribution is 1.63. The Balaban J connectivity index is 2.19. The molecule has 30 valence electrons. The summed E-state index contributed by atoms with van der Waals surface area (Å²) in [4.78, 5) is 0. The van der Waals surface area contributed by atoms with Crippen LogP contribution < -0.4 is 0 Å². The van der Waals surface area contributed by atoms with Gasteiger partial charge in [0, 0.05) is 13.2 Å². The highest BCUT2D eigenvalue weighted by Gasteiger charge is 1.64. The first-order valence-corrected chi connectivity index (χ1v) is 1.58. The number of ether oxygens (including phenoxy) is 1. The van der Waals surface area contributed by atoms with E-state index in [1.54, 1.807) is 0 Å². The van der Waals surface area contributed by atoms with Gasteiger partial charge in [0.2, 0.25) is 0 Å². The lowest BCUT2D eigenvalue weighted by Gasteiger charge is -1.86. The van der Waals surface area contributed by atoms with Crippen molar-refractivity contribution in [2.75, 3.05) is 13.2 Å². The van der Waals surface area contributed by atoms with E-state index in [0.717, 1.165) is 0 Å². The summed E-state index contributed by atoms with van der Waals surface area (Å²) in [7, 11) is 0. The zero-order valence-electron chi connectivity index (χ0n) is 3.24. The van der Waals surface area contributed by atoms with Crippen LogP contribution >= 0.6 is 0 Å². The second-order valence-electron chi connectivity index (χ2n) is 0.612. The Morgan fingerprint density at radius 1 is 1.20 bits per heavy atom. The van der Waals surface area contributed by atoms with Gasteiger partial charge in [0.1, 0.15) is 0 Å². The second-order valence-corrected chi connectivity index (χ2v) is 0.612. The van der Waals surface area contributed by atoms with Crippen LogP contribution in [0.15, 0.2) is 0 Å². The smallest absolute Gasteiger partial charge is 0.0466 e. The van der Waals surface area contributed by atoms with Gasteiger partial charge in [-0.3, -0.25) is 0 Å². The lowest BCUT2D eigenvalue weighted by Crippen LogP contribution is -1.85. The van der Waals surface area contributed by atoms with Crippen LogP contribution in [0.4, 0.5) is 0 Å². The van der Waals surface area contributed by atoms with Crippen molar-refractivity contribution < 1.29 is 4.74 Å². The molecular formula is C4H8O. The quantitative estimate of drug-likeness (QED) is 0.466. The molecule has 0 saturated carbocycles. The van der Waals surface area contributed by atoms with Crippen LogP contribution in [-0.2, 0) is 4.74 Å². The van der Waals surface area contributed by atoms with Crippen molar-refractivity contribution in [2.45, 2.75) is 0 Å². The van der Waals surface area contributed by atoms with Gasteiger partial charge in [-0.2, -0.15) is 0 Å². The first-order valence-electron chi connectivity index (χ1n) is 1.58. The molecule has 5 heavy (non-hydrogen) atoms. The summed E-state index contributed by atoms with van der Waals surface area (Å²) in [5, 5.41) is 0. The van der Waals surface area contributed by atoms with Gasteiger partial charge < -0.3 is 4.74 Å². The summed E-state index contributed by atoms with van der Waals surface area (Å²) >= 11 is 0. The maximum Gasteiger partial charge on any atom is 0.0466 e. The van der Waals surface area contributed by atoms with Crippen LogP contribution in [-0.4, -0.2) is 13.2 Å². The van der Waals surface area contributed by atoms with Gasteiger partial charge in [0.15, 0.2) is 0 Å². The molecule has 2 radical (unpaired) electrons. The van der Waals surface area contributed by atoms with Crippen LogP contribution in [0.25, 0.3) is 0 Å². The van der Waals surface area contributed by atoms with Gasteiger partial charge in [-0.15, -0.1) is 0 Å². The van der Waals surface area contributed by atoms with E-state index in [9.17, 15) is 0 Å². The third-order valence-corrected chi connectivity index (χ3v) is 0.289. The maximum absolute atomic E-state index is 4.61. The van der Waals surface area contributed by atoms with E-state index >= 15 is 0 Å². The maximum atomic E-state index is 4.61. The summed E-state index contributed by atoms with van der Waals surface area (Å²) in [5.74, 6) is 0. The van der Waals surface area contributed by atoms with Crippen LogP contribution in [0, 0.1) is 13.8 Å². The molecule has 0 saturated heterocycles. The van der Waals surface area contributed by atoms with Crippen molar-refractivity contribution in [3.05, 3.63) is 13.8 Å². The van der Waals surface area contributed by atoms with E-state index in [0.29, 0.717) is 13.2 Å². The van der Waals surface area contributed by atoms with Gasteiger partial charge in [-0.25, -0.2) is 0 Å². The Hall–Kier alpha value is -0.0400. The number of hydrogen-bond donors (Lipinski definition) is 0. The van der Waals surface area contributed by atoms with Gasteiger partial charge in [0.05, 0.1) is 0 Å². The Kier molecular flexibility index (Phi) is 3.93. The van der Waals surface area contributed by atoms with Crippen LogP contribution in [0.3, 0.4) is 0 Å². The van der Waals surface area contributed by atoms with E-state index in [-0.39, 0.29) is 0 Å². The average molecular weight is 72.1 g/mol. The van der Waals surface area contributed by atoms with E-state index in [1.165, 1.54) is 0 Å². The predicted octanol–water partition coefficient (Wildman–Crippen LogP) is 0.671. The molecule has 1 nitrogen and oxygen atoms in total. The molecule has 0 bridgehead atoms. The molecule has 0 fully saturated rings. The highest BCUT2D eigenvalue weighted by molar-refractivity contribution is 4.31. The van der Waals surface area contributed by atoms with Gasteiger partial charge in [-0.1, -0.05) is 0 Å². The standard InChI is InChI=1S/C4H8O/c1-3-5-4-2/h1-4H2. The molecule has 0 aromatic heterocycles. The van der Waals surface area contributed by atoms with Crippen molar-refractivity contribution in [3.8, 4) is 0 Å². The molecule has 0 aliphatic rings. The molecule has 0 amide bonds. The summed E-state index contributed by atoms with van der Waals surface area (Å²) in [6, 6.07) is 0. The van der Waals surface area contributed by atoms with Crippen molar-refractivity contribution in [3.63, 3.8) is 0 Å². The van der Waals surface area contributed by atoms with Crippen LogP contribution in [0.2, 0.25) is 0 Å². The number of hydrogen-bond acceptors (Lipinski definition) is 1. The molecule has 0 unspecified atom stereocenters. The molecule has 0 aromatic carbocycles. The molecular weight excluding hydrogens is 64.0 g/mol. The van der Waals surface area contributed by atoms with Crippen molar-refractivity contribution >= 4 is 0 Å². The number of rotatable bonds is 2. The van der Waals surface area contributed by atoms with Crippen LogP contribution in [0.1, 0.15) is 0 Å². The fourth-order valence-corrected chi connectivity index (χ4v) is 0.102. The first kappa shape index (κ1) is 4.96. The minimum absolute atomic E-state index is 0.531. The average Bonchev–Trinajstić information content (AvgIpc) is 1.41. The van der Waals surface area contributed by atoms with E-state index in [4.69, 9.17) is 0 Å². The van der Waals surface area contributed by atoms with E-state index in [2.05, 4.69) is 18.6 Å². The molecule has 0 atom stereocenters. The SMILES string of the molecule is [CH2]COC[CH2]. The van der Waals surface area contributed by atoms with Gasteiger partial charge in [0.25, 0.3) is 0 Å². The summed E-state index contributed by atoms with van der Waals surface area (Å²) < 4.78 is 4.61. The molecule has 0 heterocycles. The summed E-state index contributed by atoms with van der Waals surface area (Å²) in [6.45, 7) is 7.89. The first-order chi connectivity index (χ1) is 2.41. The Labute approximate surface area is 32.9 Å². The van der Waals surface area contributed by atoms with Crippen LogP contribution in [0.5, 0.6) is 0 Å². The molecule has 0 spiro atoms.